The molecule has 0 spiro atoms. The van der Waals surface area contributed by atoms with Crippen LogP contribution in [0.2, 0.25) is 0 Å². The van der Waals surface area contributed by atoms with E-state index >= 15 is 0 Å². The maximum Gasteiger partial charge on any atom is 0.321 e. The minimum Gasteiger partial charge on any atom is -0.334 e. The molecule has 0 bridgehead atoms. The highest BCUT2D eigenvalue weighted by Gasteiger charge is 2.32. The van der Waals surface area contributed by atoms with Crippen molar-refractivity contribution in [2.24, 2.45) is 0 Å². The molecule has 172 valence electrons. The van der Waals surface area contributed by atoms with Crippen LogP contribution in [0.25, 0.3) is 0 Å². The maximum absolute atomic E-state index is 13.4. The van der Waals surface area contributed by atoms with Gasteiger partial charge >= 0.3 is 6.03 Å². The van der Waals surface area contributed by atoms with E-state index in [1.54, 1.807) is 11.8 Å². The van der Waals surface area contributed by atoms with Gasteiger partial charge in [-0.05, 0) is 30.7 Å². The Morgan fingerprint density at radius 3 is 2.28 bits per heavy atom. The van der Waals surface area contributed by atoms with E-state index in [2.05, 4.69) is 10.6 Å². The highest BCUT2D eigenvalue weighted by Crippen LogP contribution is 2.20. The van der Waals surface area contributed by atoms with Gasteiger partial charge in [-0.25, -0.2) is 22.0 Å². The Bertz CT molecular complexity index is 1070. The zero-order valence-corrected chi connectivity index (χ0v) is 18.2. The molecule has 1 fully saturated rings. The molecule has 1 saturated heterocycles. The molecule has 1 aliphatic heterocycles. The average Bonchev–Trinajstić information content (AvgIpc) is 2.79. The Labute approximate surface area is 185 Å². The highest BCUT2D eigenvalue weighted by atomic mass is 32.2. The van der Waals surface area contributed by atoms with Gasteiger partial charge in [0.05, 0.1) is 10.9 Å². The number of carbonyl (C=O) groups is 2. The van der Waals surface area contributed by atoms with Crippen LogP contribution < -0.4 is 10.6 Å². The number of benzene rings is 2. The number of nitrogens with zero attached hydrogens (tertiary/aromatic N) is 2. The molecule has 1 aliphatic rings. The zero-order chi connectivity index (χ0) is 23.3. The molecule has 3 amide bonds. The number of piperazine rings is 1. The summed E-state index contributed by atoms with van der Waals surface area (Å²) in [6, 6.07) is 10.4. The van der Waals surface area contributed by atoms with Crippen molar-refractivity contribution in [2.45, 2.75) is 24.4 Å². The van der Waals surface area contributed by atoms with Gasteiger partial charge in [-0.15, -0.1) is 0 Å². The summed E-state index contributed by atoms with van der Waals surface area (Å²) in [6.07, 6.45) is 0. The number of amides is 3. The average molecular weight is 467 g/mol. The Morgan fingerprint density at radius 1 is 1.00 bits per heavy atom. The molecule has 2 N–H and O–H groups in total. The molecule has 2 aromatic carbocycles. The van der Waals surface area contributed by atoms with E-state index < -0.39 is 39.6 Å². The number of rotatable bonds is 6. The molecule has 0 aliphatic carbocycles. The number of sulfonamides is 1. The number of halogens is 2. The Balaban J connectivity index is 1.50. The number of carbonyl (C=O) groups excluding carboxylic acids is 2. The molecule has 1 unspecified atom stereocenters. The highest BCUT2D eigenvalue weighted by molar-refractivity contribution is 7.89. The third-order valence-corrected chi connectivity index (χ3v) is 7.16. The summed E-state index contributed by atoms with van der Waals surface area (Å²) < 4.78 is 53.1. The molecule has 3 rings (SSSR count). The van der Waals surface area contributed by atoms with E-state index in [1.807, 2.05) is 30.3 Å². The summed E-state index contributed by atoms with van der Waals surface area (Å²) in [5.41, 5.74) is 0.890. The maximum atomic E-state index is 13.4. The van der Waals surface area contributed by atoms with Crippen molar-refractivity contribution in [1.29, 1.82) is 0 Å². The van der Waals surface area contributed by atoms with Crippen LogP contribution in [-0.4, -0.2) is 61.8 Å². The second-order valence-corrected chi connectivity index (χ2v) is 9.29. The second kappa shape index (κ2) is 10.2. The smallest absolute Gasteiger partial charge is 0.321 e. The molecule has 0 radical (unpaired) electrons. The molecule has 32 heavy (non-hydrogen) atoms. The summed E-state index contributed by atoms with van der Waals surface area (Å²) >= 11 is 0. The third kappa shape index (κ3) is 5.67. The van der Waals surface area contributed by atoms with Crippen molar-refractivity contribution < 1.29 is 26.8 Å². The Hall–Kier alpha value is -2.89. The van der Waals surface area contributed by atoms with Crippen molar-refractivity contribution in [3.05, 3.63) is 65.7 Å². The van der Waals surface area contributed by atoms with E-state index in [4.69, 9.17) is 0 Å². The molecular formula is C21H24F2N4O4S. The normalized spacial score (nSPS) is 16.3. The van der Waals surface area contributed by atoms with Gasteiger partial charge in [0, 0.05) is 32.7 Å². The fraction of sp³-hybridized carbons (Fsp3) is 0.333. The van der Waals surface area contributed by atoms with Gasteiger partial charge in [0.2, 0.25) is 15.9 Å². The van der Waals surface area contributed by atoms with Crippen LogP contribution in [0.1, 0.15) is 12.5 Å². The van der Waals surface area contributed by atoms with Crippen LogP contribution in [-0.2, 0) is 21.4 Å². The molecule has 1 atom stereocenters. The van der Waals surface area contributed by atoms with Crippen molar-refractivity contribution >= 4 is 22.0 Å². The lowest BCUT2D eigenvalue weighted by molar-refractivity contribution is -0.125. The summed E-state index contributed by atoms with van der Waals surface area (Å²) in [6.45, 7) is 2.51. The van der Waals surface area contributed by atoms with Crippen molar-refractivity contribution in [2.75, 3.05) is 26.2 Å². The summed E-state index contributed by atoms with van der Waals surface area (Å²) in [5.74, 6) is -2.87. The molecule has 11 heteroatoms. The fourth-order valence-corrected chi connectivity index (χ4v) is 4.76. The fourth-order valence-electron chi connectivity index (χ4n) is 3.32. The molecule has 0 aromatic heterocycles. The Kier molecular flexibility index (Phi) is 7.54. The summed E-state index contributed by atoms with van der Waals surface area (Å²) in [7, 11) is -3.99. The first-order valence-corrected chi connectivity index (χ1v) is 11.4. The van der Waals surface area contributed by atoms with Crippen LogP contribution in [0.5, 0.6) is 0 Å². The van der Waals surface area contributed by atoms with Crippen molar-refractivity contribution in [1.82, 2.24) is 19.8 Å². The van der Waals surface area contributed by atoms with Crippen molar-refractivity contribution in [3.63, 3.8) is 0 Å². The molecule has 8 nitrogen and oxygen atoms in total. The third-order valence-electron chi connectivity index (χ3n) is 5.26. The molecular weight excluding hydrogens is 442 g/mol. The van der Waals surface area contributed by atoms with E-state index in [1.165, 1.54) is 0 Å². The number of imide groups is 1. The monoisotopic (exact) mass is 466 g/mol. The molecule has 0 saturated carbocycles. The predicted molar refractivity (Wildman–Crippen MR) is 113 cm³/mol. The van der Waals surface area contributed by atoms with E-state index in [9.17, 15) is 26.8 Å². The van der Waals surface area contributed by atoms with Crippen LogP contribution in [0.15, 0.2) is 53.4 Å². The van der Waals surface area contributed by atoms with Gasteiger partial charge in [-0.2, -0.15) is 4.31 Å². The first-order chi connectivity index (χ1) is 15.2. The van der Waals surface area contributed by atoms with Gasteiger partial charge in [-0.1, -0.05) is 30.3 Å². The van der Waals surface area contributed by atoms with E-state index in [0.717, 1.165) is 22.0 Å². The second-order valence-electron chi connectivity index (χ2n) is 7.35. The van der Waals surface area contributed by atoms with Gasteiger partial charge in [-0.3, -0.25) is 15.0 Å². The number of nitrogens with one attached hydrogen (secondary N) is 2. The lowest BCUT2D eigenvalue weighted by Crippen LogP contribution is -2.56. The van der Waals surface area contributed by atoms with Crippen molar-refractivity contribution in [3.8, 4) is 0 Å². The molecule has 2 aromatic rings. The van der Waals surface area contributed by atoms with Crippen LogP contribution >= 0.6 is 0 Å². The zero-order valence-electron chi connectivity index (χ0n) is 17.4. The lowest BCUT2D eigenvalue weighted by atomic mass is 10.2. The first kappa shape index (κ1) is 23.8. The topological polar surface area (TPSA) is 98.8 Å². The standard InChI is InChI=1S/C21H24F2N4O4S/c1-15(20(28)25-21(29)24-14-16-5-3-2-4-6-16)26-9-11-27(12-10-26)32(30,31)17-7-8-18(22)19(23)13-17/h2-8,13,15H,9-12,14H2,1H3,(H2,24,25,28,29). The largest absolute Gasteiger partial charge is 0.334 e. The summed E-state index contributed by atoms with van der Waals surface area (Å²) in [5, 5.41) is 4.89. The van der Waals surface area contributed by atoms with Crippen LogP contribution in [0.4, 0.5) is 13.6 Å². The minimum atomic E-state index is -3.99. The van der Waals surface area contributed by atoms with Gasteiger partial charge in [0.1, 0.15) is 0 Å². The molecule has 1 heterocycles. The quantitative estimate of drug-likeness (QED) is 0.675. The number of hydrogen-bond donors (Lipinski definition) is 2. The summed E-state index contributed by atoms with van der Waals surface area (Å²) in [4.78, 5) is 25.8. The van der Waals surface area contributed by atoms with Crippen LogP contribution in [0, 0.1) is 11.6 Å². The van der Waals surface area contributed by atoms with E-state index in [0.29, 0.717) is 6.07 Å². The number of urea groups is 1. The van der Waals surface area contributed by atoms with Gasteiger partial charge in [0.25, 0.3) is 0 Å². The Morgan fingerprint density at radius 2 is 1.66 bits per heavy atom. The van der Waals surface area contributed by atoms with Gasteiger partial charge < -0.3 is 5.32 Å². The minimum absolute atomic E-state index is 0.0686. The van der Waals surface area contributed by atoms with Gasteiger partial charge in [0.15, 0.2) is 11.6 Å². The number of hydrogen-bond acceptors (Lipinski definition) is 5. The first-order valence-electron chi connectivity index (χ1n) is 10.0. The SMILES string of the molecule is CC(C(=O)NC(=O)NCc1ccccc1)N1CCN(S(=O)(=O)c2ccc(F)c(F)c2)CC1. The predicted octanol–water partition coefficient (Wildman–Crippen LogP) is 1.69. The lowest BCUT2D eigenvalue weighted by Gasteiger charge is -2.36. The van der Waals surface area contributed by atoms with Crippen LogP contribution in [0.3, 0.4) is 0 Å². The van der Waals surface area contributed by atoms with E-state index in [-0.39, 0.29) is 37.6 Å².